The third-order valence-electron chi connectivity index (χ3n) is 3.42. The van der Waals surface area contributed by atoms with Gasteiger partial charge in [0.15, 0.2) is 5.12 Å². The Labute approximate surface area is 123 Å². The molecular formula is C15H19NO3S. The Hall–Kier alpha value is -1.33. The molecule has 4 nitrogen and oxygen atoms in total. The maximum Gasteiger partial charge on any atom is 0.224 e. The molecule has 5 heteroatoms. The van der Waals surface area contributed by atoms with Crippen LogP contribution < -0.4 is 0 Å². The fourth-order valence-corrected chi connectivity index (χ4v) is 3.45. The van der Waals surface area contributed by atoms with Gasteiger partial charge in [-0.05, 0) is 12.0 Å². The number of hydrogen-bond acceptors (Lipinski definition) is 4. The molecule has 0 aliphatic carbocycles. The minimum atomic E-state index is -0.206. The minimum absolute atomic E-state index is 0.0184. The quantitative estimate of drug-likeness (QED) is 0.893. The zero-order chi connectivity index (χ0) is 14.5. The largest absolute Gasteiger partial charge is 0.394 e. The van der Waals surface area contributed by atoms with Crippen LogP contribution in [0.2, 0.25) is 0 Å². The Balaban J connectivity index is 2.01. The van der Waals surface area contributed by atoms with Gasteiger partial charge in [0.2, 0.25) is 5.91 Å². The van der Waals surface area contributed by atoms with Gasteiger partial charge in [0.1, 0.15) is 0 Å². The first kappa shape index (κ1) is 15.1. The molecule has 1 aliphatic rings. The van der Waals surface area contributed by atoms with Crippen LogP contribution in [0.5, 0.6) is 0 Å². The van der Waals surface area contributed by atoms with Gasteiger partial charge in [-0.25, -0.2) is 0 Å². The molecule has 0 saturated carbocycles. The number of amides is 1. The highest BCUT2D eigenvalue weighted by Crippen LogP contribution is 2.26. The van der Waals surface area contributed by atoms with Crippen molar-refractivity contribution in [1.29, 1.82) is 0 Å². The molecule has 2 atom stereocenters. The van der Waals surface area contributed by atoms with Crippen molar-refractivity contribution < 1.29 is 14.7 Å². The maximum atomic E-state index is 12.0. The molecule has 1 N–H and O–H groups in total. The van der Waals surface area contributed by atoms with Crippen molar-refractivity contribution in [3.63, 3.8) is 0 Å². The van der Waals surface area contributed by atoms with Crippen LogP contribution in [0, 0.1) is 0 Å². The number of carbonyl (C=O) groups is 2. The fraction of sp³-hybridized carbons (Fsp3) is 0.467. The first-order chi connectivity index (χ1) is 9.60. The number of nitrogens with zero attached hydrogens (tertiary/aromatic N) is 1. The van der Waals surface area contributed by atoms with Crippen molar-refractivity contribution in [3.8, 4) is 0 Å². The third kappa shape index (κ3) is 3.84. The highest BCUT2D eigenvalue weighted by molar-refractivity contribution is 8.14. The van der Waals surface area contributed by atoms with E-state index >= 15 is 0 Å². The molecule has 1 amide bonds. The average molecular weight is 293 g/mol. The van der Waals surface area contributed by atoms with E-state index in [1.54, 1.807) is 4.90 Å². The number of likely N-dealkylation sites (tertiary alicyclic amines) is 1. The van der Waals surface area contributed by atoms with E-state index in [-0.39, 0.29) is 28.9 Å². The predicted molar refractivity (Wildman–Crippen MR) is 79.4 cm³/mol. The Morgan fingerprint density at radius 3 is 2.75 bits per heavy atom. The lowest BCUT2D eigenvalue weighted by molar-refractivity contribution is -0.130. The molecule has 2 rings (SSSR count). The summed E-state index contributed by atoms with van der Waals surface area (Å²) in [5, 5.41) is 9.62. The molecule has 1 heterocycles. The minimum Gasteiger partial charge on any atom is -0.394 e. The van der Waals surface area contributed by atoms with Gasteiger partial charge in [-0.2, -0.15) is 0 Å². The summed E-state index contributed by atoms with van der Waals surface area (Å²) in [4.78, 5) is 24.9. The van der Waals surface area contributed by atoms with Crippen LogP contribution in [-0.2, 0) is 16.0 Å². The van der Waals surface area contributed by atoms with Crippen molar-refractivity contribution in [2.75, 3.05) is 13.2 Å². The maximum absolute atomic E-state index is 12.0. The van der Waals surface area contributed by atoms with Gasteiger partial charge in [0.05, 0.1) is 12.6 Å². The molecule has 0 bridgehead atoms. The number of aliphatic hydroxyl groups is 1. The highest BCUT2D eigenvalue weighted by atomic mass is 32.2. The number of hydrogen-bond donors (Lipinski definition) is 1. The standard InChI is InChI=1S/C15H19NO3S/c1-11(18)20-14-8-15(19)16(9-14)13(10-17)7-12-5-3-2-4-6-12/h2-6,13-14,17H,7-10H2,1H3/t13-,14?/m0/s1. The zero-order valence-electron chi connectivity index (χ0n) is 11.5. The summed E-state index contributed by atoms with van der Waals surface area (Å²) in [5.41, 5.74) is 1.10. The van der Waals surface area contributed by atoms with Crippen molar-refractivity contribution in [1.82, 2.24) is 4.90 Å². The monoisotopic (exact) mass is 293 g/mol. The van der Waals surface area contributed by atoms with Gasteiger partial charge >= 0.3 is 0 Å². The molecular weight excluding hydrogens is 274 g/mol. The lowest BCUT2D eigenvalue weighted by Crippen LogP contribution is -2.40. The Bertz CT molecular complexity index is 477. The smallest absolute Gasteiger partial charge is 0.224 e. The molecule has 108 valence electrons. The fourth-order valence-electron chi connectivity index (χ4n) is 2.52. The molecule has 1 saturated heterocycles. The van der Waals surface area contributed by atoms with Crippen molar-refractivity contribution in [2.24, 2.45) is 0 Å². The second-order valence-corrected chi connectivity index (χ2v) is 6.49. The summed E-state index contributed by atoms with van der Waals surface area (Å²) in [6, 6.07) is 9.62. The summed E-state index contributed by atoms with van der Waals surface area (Å²) < 4.78 is 0. The van der Waals surface area contributed by atoms with Crippen LogP contribution >= 0.6 is 11.8 Å². The lowest BCUT2D eigenvalue weighted by atomic mass is 10.1. The van der Waals surface area contributed by atoms with E-state index in [2.05, 4.69) is 0 Å². The van der Waals surface area contributed by atoms with Crippen molar-refractivity contribution >= 4 is 22.8 Å². The lowest BCUT2D eigenvalue weighted by Gasteiger charge is -2.26. The Morgan fingerprint density at radius 1 is 1.45 bits per heavy atom. The van der Waals surface area contributed by atoms with Gasteiger partial charge < -0.3 is 10.0 Å². The van der Waals surface area contributed by atoms with Gasteiger partial charge in [0, 0.05) is 25.1 Å². The Morgan fingerprint density at radius 2 is 2.15 bits per heavy atom. The van der Waals surface area contributed by atoms with E-state index in [1.165, 1.54) is 18.7 Å². The van der Waals surface area contributed by atoms with Crippen LogP contribution in [0.3, 0.4) is 0 Å². The second kappa shape index (κ2) is 6.90. The van der Waals surface area contributed by atoms with E-state index < -0.39 is 0 Å². The first-order valence-corrected chi connectivity index (χ1v) is 7.59. The summed E-state index contributed by atoms with van der Waals surface area (Å²) in [5.74, 6) is 0.0266. The number of rotatable bonds is 5. The number of carbonyl (C=O) groups excluding carboxylic acids is 2. The molecule has 0 aromatic heterocycles. The summed E-state index contributed by atoms with van der Waals surface area (Å²) in [6.45, 7) is 2.00. The van der Waals surface area contributed by atoms with Gasteiger partial charge in [-0.1, -0.05) is 42.1 Å². The van der Waals surface area contributed by atoms with Crippen LogP contribution in [-0.4, -0.2) is 45.5 Å². The molecule has 0 radical (unpaired) electrons. The molecule has 1 aromatic carbocycles. The average Bonchev–Trinajstić information content (AvgIpc) is 2.77. The SMILES string of the molecule is CC(=O)SC1CC(=O)N([C@H](CO)Cc2ccccc2)C1. The van der Waals surface area contributed by atoms with Crippen molar-refractivity contribution in [2.45, 2.75) is 31.1 Å². The normalized spacial score (nSPS) is 20.2. The van der Waals surface area contributed by atoms with Crippen LogP contribution in [0.4, 0.5) is 0 Å². The van der Waals surface area contributed by atoms with Gasteiger partial charge in [-0.15, -0.1) is 0 Å². The van der Waals surface area contributed by atoms with Gasteiger partial charge in [0.25, 0.3) is 0 Å². The molecule has 1 fully saturated rings. The summed E-state index contributed by atoms with van der Waals surface area (Å²) in [7, 11) is 0. The zero-order valence-corrected chi connectivity index (χ0v) is 12.3. The first-order valence-electron chi connectivity index (χ1n) is 6.71. The van der Waals surface area contributed by atoms with E-state index in [4.69, 9.17) is 0 Å². The number of aliphatic hydroxyl groups excluding tert-OH is 1. The van der Waals surface area contributed by atoms with Gasteiger partial charge in [-0.3, -0.25) is 9.59 Å². The van der Waals surface area contributed by atoms with E-state index in [0.717, 1.165) is 5.56 Å². The molecule has 1 aliphatic heterocycles. The van der Waals surface area contributed by atoms with Crippen molar-refractivity contribution in [3.05, 3.63) is 35.9 Å². The van der Waals surface area contributed by atoms with E-state index in [1.807, 2.05) is 30.3 Å². The van der Waals surface area contributed by atoms with E-state index in [9.17, 15) is 14.7 Å². The molecule has 20 heavy (non-hydrogen) atoms. The van der Waals surface area contributed by atoms with Crippen LogP contribution in [0.15, 0.2) is 30.3 Å². The summed E-state index contributed by atoms with van der Waals surface area (Å²) in [6.07, 6.45) is 1.02. The van der Waals surface area contributed by atoms with Crippen LogP contribution in [0.1, 0.15) is 18.9 Å². The topological polar surface area (TPSA) is 57.6 Å². The van der Waals surface area contributed by atoms with E-state index in [0.29, 0.717) is 19.4 Å². The number of thioether (sulfide) groups is 1. The van der Waals surface area contributed by atoms with Crippen LogP contribution in [0.25, 0.3) is 0 Å². The number of benzene rings is 1. The second-order valence-electron chi connectivity index (χ2n) is 5.01. The molecule has 0 spiro atoms. The highest BCUT2D eigenvalue weighted by Gasteiger charge is 2.35. The predicted octanol–water partition coefficient (Wildman–Crippen LogP) is 1.47. The third-order valence-corrected chi connectivity index (χ3v) is 4.40. The Kier molecular flexibility index (Phi) is 5.20. The molecule has 1 unspecified atom stereocenters. The molecule has 1 aromatic rings. The summed E-state index contributed by atoms with van der Waals surface area (Å²) >= 11 is 1.22.